The molecule has 4 heterocycles. The van der Waals surface area contributed by atoms with E-state index >= 15 is 0 Å². The van der Waals surface area contributed by atoms with E-state index < -0.39 is 49.3 Å². The Labute approximate surface area is 215 Å². The predicted molar refractivity (Wildman–Crippen MR) is 133 cm³/mol. The van der Waals surface area contributed by atoms with Crippen LogP contribution in [0.15, 0.2) is 33.5 Å². The maximum atomic E-state index is 12.2. The van der Waals surface area contributed by atoms with Gasteiger partial charge in [0.1, 0.15) is 26.3 Å². The summed E-state index contributed by atoms with van der Waals surface area (Å²) in [5.74, 6) is -1.46. The summed E-state index contributed by atoms with van der Waals surface area (Å²) < 4.78 is 64.6. The summed E-state index contributed by atoms with van der Waals surface area (Å²) in [7, 11) is -5.35. The minimum absolute atomic E-state index is 0.182. The molecule has 2 aliphatic rings. The maximum Gasteiger partial charge on any atom is 0.247 e. The van der Waals surface area contributed by atoms with Crippen LogP contribution in [0.25, 0.3) is 0 Å². The van der Waals surface area contributed by atoms with Crippen molar-refractivity contribution in [3.05, 3.63) is 44.9 Å². The van der Waals surface area contributed by atoms with Crippen LogP contribution in [0, 0.1) is 0 Å². The molecule has 0 N–H and O–H groups in total. The molecule has 0 radical (unpaired) electrons. The van der Waals surface area contributed by atoms with Gasteiger partial charge in [-0.3, -0.25) is 22.6 Å². The number of halogens is 3. The Morgan fingerprint density at radius 1 is 0.941 bits per heavy atom. The van der Waals surface area contributed by atoms with Crippen molar-refractivity contribution in [2.24, 2.45) is 0 Å². The number of hydrogen-bond donors (Lipinski definition) is 0. The first kappa shape index (κ1) is 26.6. The van der Waals surface area contributed by atoms with Gasteiger partial charge in [0.15, 0.2) is 10.5 Å². The number of Topliss-reactive ketones (excluding diaryl/α,β-unsaturated/α-hetero) is 2. The van der Waals surface area contributed by atoms with Gasteiger partial charge in [0.05, 0.1) is 19.9 Å². The predicted octanol–water partition coefficient (Wildman–Crippen LogP) is 2.98. The Morgan fingerprint density at radius 2 is 1.38 bits per heavy atom. The van der Waals surface area contributed by atoms with Crippen LogP contribution in [0.3, 0.4) is 0 Å². The highest BCUT2D eigenvalue weighted by Gasteiger charge is 2.50. The molecule has 0 aliphatic carbocycles. The van der Waals surface area contributed by atoms with Crippen LogP contribution in [0.4, 0.5) is 15.8 Å². The molecule has 0 amide bonds. The zero-order valence-electron chi connectivity index (χ0n) is 19.4. The second kappa shape index (κ2) is 9.95. The van der Waals surface area contributed by atoms with Gasteiger partial charge in [-0.1, -0.05) is 0 Å². The fourth-order valence-corrected chi connectivity index (χ4v) is 6.24. The van der Waals surface area contributed by atoms with Gasteiger partial charge in [-0.15, -0.1) is 0 Å². The Balaban J connectivity index is 0.000000223. The minimum Gasteiger partial charge on any atom is -0.291 e. The number of hydrogen-bond acceptors (Lipinski definition) is 8. The molecular weight excluding hydrogens is 623 g/mol. The number of carbonyl (C=O) groups excluding carboxylic acids is 2. The fraction of sp³-hybridized carbons (Fsp3) is 0.368. The van der Waals surface area contributed by atoms with Crippen molar-refractivity contribution in [2.75, 3.05) is 35.6 Å². The van der Waals surface area contributed by atoms with E-state index in [1.54, 1.807) is 24.3 Å². The number of carbonyl (C=O) groups is 2. The summed E-state index contributed by atoms with van der Waals surface area (Å²) in [4.78, 5) is 31.7. The first-order valence-electron chi connectivity index (χ1n) is 9.95. The van der Waals surface area contributed by atoms with Crippen LogP contribution >= 0.6 is 31.9 Å². The molecule has 0 saturated heterocycles. The van der Waals surface area contributed by atoms with Crippen molar-refractivity contribution in [3.8, 4) is 0 Å². The number of fused-ring (bicyclic) bond motifs is 2. The van der Waals surface area contributed by atoms with E-state index in [0.29, 0.717) is 20.6 Å². The zero-order chi connectivity index (χ0) is 26.9. The molecule has 2 aliphatic heterocycles. The van der Waals surface area contributed by atoms with E-state index in [0.717, 1.165) is 8.61 Å². The van der Waals surface area contributed by atoms with Crippen LogP contribution < -0.4 is 8.61 Å². The van der Waals surface area contributed by atoms with Gasteiger partial charge < -0.3 is 0 Å². The Bertz CT molecular complexity index is 1390. The Morgan fingerprint density at radius 3 is 1.88 bits per heavy atom. The van der Waals surface area contributed by atoms with E-state index in [1.165, 1.54) is 27.9 Å². The Hall–Kier alpha value is -1.97. The van der Waals surface area contributed by atoms with E-state index in [2.05, 4.69) is 41.8 Å². The number of aromatic nitrogens is 2. The second-order valence-corrected chi connectivity index (χ2v) is 13.6. The van der Waals surface area contributed by atoms with Gasteiger partial charge in [0, 0.05) is 14.1 Å². The summed E-state index contributed by atoms with van der Waals surface area (Å²) in [5.41, 5.74) is 1.02. The zero-order valence-corrected chi connectivity index (χ0v) is 23.2. The molecule has 0 bridgehead atoms. The quantitative estimate of drug-likeness (QED) is 0.400. The number of sulfonamides is 2. The van der Waals surface area contributed by atoms with E-state index in [-0.39, 0.29) is 11.4 Å². The van der Waals surface area contributed by atoms with Crippen LogP contribution in [0.1, 0.15) is 36.2 Å². The lowest BCUT2D eigenvalue weighted by molar-refractivity contribution is 0.0945. The molecule has 0 atom stereocenters. The minimum atomic E-state index is -3.69. The molecule has 0 spiro atoms. The van der Waals surface area contributed by atoms with Crippen molar-refractivity contribution >= 4 is 74.8 Å². The summed E-state index contributed by atoms with van der Waals surface area (Å²) in [6.45, 7) is 2.79. The van der Waals surface area contributed by atoms with Crippen LogP contribution in [-0.4, -0.2) is 70.1 Å². The first-order chi connectivity index (χ1) is 16.0. The van der Waals surface area contributed by atoms with E-state index in [4.69, 9.17) is 1.37 Å². The van der Waals surface area contributed by atoms with Crippen LogP contribution in [0.5, 0.6) is 0 Å². The lowest BCUT2D eigenvalue weighted by Crippen LogP contribution is -2.52. The highest BCUT2D eigenvalue weighted by Crippen LogP contribution is 2.37. The van der Waals surface area contributed by atoms with Gasteiger partial charge in [-0.25, -0.2) is 26.8 Å². The number of ketones is 2. The number of anilines is 2. The van der Waals surface area contributed by atoms with Gasteiger partial charge in [-0.05, 0) is 70.0 Å². The average Bonchev–Trinajstić information content (AvgIpc) is 2.76. The number of rotatable bonds is 0. The third-order valence-corrected chi connectivity index (χ3v) is 10.1. The lowest BCUT2D eigenvalue weighted by Gasteiger charge is -2.35. The number of pyridine rings is 2. The highest BCUT2D eigenvalue weighted by molar-refractivity contribution is 9.10. The van der Waals surface area contributed by atoms with Gasteiger partial charge in [0.2, 0.25) is 25.8 Å². The average molecular weight is 645 g/mol. The molecule has 0 fully saturated rings. The second-order valence-electron chi connectivity index (χ2n) is 7.46. The molecule has 15 heteroatoms. The smallest absolute Gasteiger partial charge is 0.247 e. The highest BCUT2D eigenvalue weighted by atomic mass is 79.9. The number of alkyl halides is 1. The lowest BCUT2D eigenvalue weighted by atomic mass is 10.0. The normalized spacial score (nSPS) is 19.4. The number of nitrogens with zero attached hydrogens (tertiary/aromatic N) is 4. The van der Waals surface area contributed by atoms with E-state index in [9.17, 15) is 30.8 Å². The molecule has 10 nitrogen and oxygen atoms in total. The summed E-state index contributed by atoms with van der Waals surface area (Å²) in [5, 5.41) is 0. The summed E-state index contributed by atoms with van der Waals surface area (Å²) in [6.07, 6.45) is 0. The molecule has 0 saturated carbocycles. The molecular formula is C19H21Br2FN4O6S2. The molecule has 0 unspecified atom stereocenters. The van der Waals surface area contributed by atoms with Crippen LogP contribution in [-0.2, 0) is 20.0 Å². The first-order valence-corrected chi connectivity index (χ1v) is 13.9. The molecule has 4 rings (SSSR count). The largest absolute Gasteiger partial charge is 0.291 e. The third kappa shape index (κ3) is 4.88. The van der Waals surface area contributed by atoms with E-state index in [1.807, 2.05) is 0 Å². The molecule has 2 aromatic heterocycles. The van der Waals surface area contributed by atoms with Gasteiger partial charge in [0.25, 0.3) is 0 Å². The standard InChI is InChI=1S/C10H11BrN2O3S.C8H7BrN2O3S.CH3F/c1-10(2)9(14)8-6(4-5-7(11)12-8)13(3)17(10,15)16;1-11-5-2-3-7(9)10-8(5)6(12)4-15(11,13)14;1-2/h4-5H,1-3H3;2-3H,4H2,1H3;1H3/i;;1D. The molecule has 0 aromatic carbocycles. The molecule has 186 valence electrons. The van der Waals surface area contributed by atoms with Crippen molar-refractivity contribution in [2.45, 2.75) is 18.6 Å². The molecule has 34 heavy (non-hydrogen) atoms. The van der Waals surface area contributed by atoms with Crippen molar-refractivity contribution < 1.29 is 32.2 Å². The van der Waals surface area contributed by atoms with Gasteiger partial charge >= 0.3 is 0 Å². The monoisotopic (exact) mass is 643 g/mol. The van der Waals surface area contributed by atoms with Crippen LogP contribution in [0.2, 0.25) is 0 Å². The Kier molecular flexibility index (Phi) is 7.79. The van der Waals surface area contributed by atoms with Crippen molar-refractivity contribution in [3.63, 3.8) is 0 Å². The van der Waals surface area contributed by atoms with Gasteiger partial charge in [-0.2, -0.15) is 0 Å². The van der Waals surface area contributed by atoms with Crippen molar-refractivity contribution in [1.29, 1.82) is 0 Å². The summed E-state index contributed by atoms with van der Waals surface area (Å²) >= 11 is 6.31. The molecule has 2 aromatic rings. The fourth-order valence-electron chi connectivity index (χ4n) is 3.09. The SMILES string of the molecule is CN1c2ccc(Br)nc2C(=O)C(C)(C)S1(=O)=O.CN1c2ccc(Br)nc2C(=O)CS1(=O)=O.[2H]CF. The maximum absolute atomic E-state index is 12.2. The topological polar surface area (TPSA) is 135 Å². The summed E-state index contributed by atoms with van der Waals surface area (Å²) in [6, 6.07) is 6.33. The third-order valence-electron chi connectivity index (χ3n) is 5.12. The van der Waals surface area contributed by atoms with Crippen molar-refractivity contribution in [1.82, 2.24) is 9.97 Å².